The van der Waals surface area contributed by atoms with Crippen LogP contribution in [0.4, 0.5) is 5.69 Å². The van der Waals surface area contributed by atoms with E-state index in [0.29, 0.717) is 23.4 Å². The molecule has 2 aliphatic rings. The molecule has 1 aliphatic heterocycles. The van der Waals surface area contributed by atoms with Gasteiger partial charge in [0.25, 0.3) is 10.0 Å². The Bertz CT molecular complexity index is 1760. The van der Waals surface area contributed by atoms with Gasteiger partial charge in [-0.15, -0.1) is 0 Å². The van der Waals surface area contributed by atoms with Gasteiger partial charge in [-0.1, -0.05) is 91.0 Å². The molecular weight excluding hydrogens is 586 g/mol. The third-order valence-electron chi connectivity index (χ3n) is 8.33. The molecule has 0 bridgehead atoms. The van der Waals surface area contributed by atoms with E-state index in [1.54, 1.807) is 36.4 Å². The van der Waals surface area contributed by atoms with Crippen molar-refractivity contribution in [2.75, 3.05) is 4.72 Å². The van der Waals surface area contributed by atoms with Crippen molar-refractivity contribution in [2.24, 2.45) is 5.92 Å². The number of anilines is 1. The topological polar surface area (TPSA) is 98.8 Å². The third-order valence-corrected chi connectivity index (χ3v) is 9.73. The van der Waals surface area contributed by atoms with Crippen LogP contribution in [0.1, 0.15) is 61.1 Å². The second-order valence-corrected chi connectivity index (χ2v) is 13.3. The maximum atomic E-state index is 13.9. The molecule has 0 radical (unpaired) electrons. The second-order valence-electron chi connectivity index (χ2n) is 11.6. The zero-order chi connectivity index (χ0) is 31.4. The monoisotopic (exact) mass is 621 g/mol. The summed E-state index contributed by atoms with van der Waals surface area (Å²) in [6, 6.07) is 35.4. The van der Waals surface area contributed by atoms with Crippen LogP contribution in [-0.2, 0) is 29.1 Å². The minimum absolute atomic E-state index is 0.0288. The van der Waals surface area contributed by atoms with E-state index in [-0.39, 0.29) is 23.2 Å². The molecule has 8 heteroatoms. The van der Waals surface area contributed by atoms with Crippen LogP contribution in [0.25, 0.3) is 0 Å². The van der Waals surface area contributed by atoms with Crippen molar-refractivity contribution in [3.05, 3.63) is 143 Å². The van der Waals surface area contributed by atoms with Gasteiger partial charge in [0.2, 0.25) is 0 Å². The Kier molecular flexibility index (Phi) is 8.85. The lowest BCUT2D eigenvalue weighted by atomic mass is 9.82. The number of cyclic esters (lactones) is 1. The Morgan fingerprint density at radius 2 is 1.42 bits per heavy atom. The fraction of sp³-hybridized carbons (Fsp3) is 0.243. The van der Waals surface area contributed by atoms with E-state index in [2.05, 4.69) is 29.0 Å². The van der Waals surface area contributed by atoms with Gasteiger partial charge in [0.15, 0.2) is 0 Å². The van der Waals surface area contributed by atoms with Crippen LogP contribution in [-0.4, -0.2) is 26.5 Å². The maximum Gasteiger partial charge on any atom is 0.338 e. The Balaban J connectivity index is 1.32. The van der Waals surface area contributed by atoms with E-state index in [4.69, 9.17) is 9.47 Å². The standard InChI is InChI=1S/C37H35NO6S/c1-25(39)43-34-24-31(23-33(26-12-5-2-6-13-26)27-14-7-3-8-15-27)44-37(40)36(34)35(28-20-21-28)29-16-11-17-30(22-29)38-45(41,42)32-18-9-4-10-19-32/h2-19,22,28,31,33,35,38H,20-21,23-24H2,1H3. The van der Waals surface area contributed by atoms with Gasteiger partial charge in [0, 0.05) is 30.9 Å². The minimum Gasteiger partial charge on any atom is -0.458 e. The maximum absolute atomic E-state index is 13.9. The predicted octanol–water partition coefficient (Wildman–Crippen LogP) is 7.34. The van der Waals surface area contributed by atoms with Crippen LogP contribution in [0.2, 0.25) is 0 Å². The van der Waals surface area contributed by atoms with Gasteiger partial charge >= 0.3 is 11.9 Å². The molecule has 6 rings (SSSR count). The van der Waals surface area contributed by atoms with Crippen LogP contribution >= 0.6 is 0 Å². The molecule has 2 unspecified atom stereocenters. The van der Waals surface area contributed by atoms with E-state index in [9.17, 15) is 18.0 Å². The fourth-order valence-electron chi connectivity index (χ4n) is 6.20. The summed E-state index contributed by atoms with van der Waals surface area (Å²) in [7, 11) is -3.81. The predicted molar refractivity (Wildman–Crippen MR) is 172 cm³/mol. The van der Waals surface area contributed by atoms with Crippen molar-refractivity contribution >= 4 is 27.6 Å². The van der Waals surface area contributed by atoms with Crippen molar-refractivity contribution in [1.29, 1.82) is 0 Å². The van der Waals surface area contributed by atoms with Crippen LogP contribution in [0.5, 0.6) is 0 Å². The smallest absolute Gasteiger partial charge is 0.338 e. The minimum atomic E-state index is -3.81. The normalized spacial score (nSPS) is 17.5. The quantitative estimate of drug-likeness (QED) is 0.176. The average molecular weight is 622 g/mol. The number of nitrogens with one attached hydrogen (secondary N) is 1. The summed E-state index contributed by atoms with van der Waals surface area (Å²) >= 11 is 0. The number of hydrogen-bond donors (Lipinski definition) is 1. The Hall–Kier alpha value is -4.69. The number of rotatable bonds is 11. The summed E-state index contributed by atoms with van der Waals surface area (Å²) < 4.78 is 40.6. The first-order valence-electron chi connectivity index (χ1n) is 15.2. The van der Waals surface area contributed by atoms with Crippen LogP contribution in [0, 0.1) is 5.92 Å². The van der Waals surface area contributed by atoms with Gasteiger partial charge in [0.1, 0.15) is 11.9 Å². The van der Waals surface area contributed by atoms with Crippen LogP contribution < -0.4 is 4.72 Å². The highest BCUT2D eigenvalue weighted by Gasteiger charge is 2.44. The zero-order valence-corrected chi connectivity index (χ0v) is 25.8. The number of esters is 2. The molecule has 1 aliphatic carbocycles. The molecule has 1 saturated carbocycles. The number of carbonyl (C=O) groups excluding carboxylic acids is 2. The highest BCUT2D eigenvalue weighted by molar-refractivity contribution is 7.92. The molecule has 0 aromatic heterocycles. The van der Waals surface area contributed by atoms with Crippen LogP contribution in [0.15, 0.2) is 131 Å². The molecule has 1 N–H and O–H groups in total. The molecular formula is C37H35NO6S. The molecule has 0 saturated heterocycles. The molecule has 1 fully saturated rings. The molecule has 1 heterocycles. The van der Waals surface area contributed by atoms with E-state index in [1.165, 1.54) is 19.1 Å². The highest BCUT2D eigenvalue weighted by atomic mass is 32.2. The summed E-state index contributed by atoms with van der Waals surface area (Å²) in [5.74, 6) is -0.980. The van der Waals surface area contributed by atoms with Crippen LogP contribution in [0.3, 0.4) is 0 Å². The first-order chi connectivity index (χ1) is 21.8. The first kappa shape index (κ1) is 30.3. The number of sulfonamides is 1. The molecule has 7 nitrogen and oxygen atoms in total. The molecule has 2 atom stereocenters. The lowest BCUT2D eigenvalue weighted by Crippen LogP contribution is -2.32. The number of ether oxygens (including phenoxy) is 2. The number of carbonyl (C=O) groups is 2. The molecule has 45 heavy (non-hydrogen) atoms. The van der Waals surface area contributed by atoms with E-state index < -0.39 is 34.0 Å². The average Bonchev–Trinajstić information content (AvgIpc) is 3.88. The SMILES string of the molecule is CC(=O)OC1=C(C(c2cccc(NS(=O)(=O)c3ccccc3)c2)C2CC2)C(=O)OC(CC(c2ccccc2)c2ccccc2)C1. The van der Waals surface area contributed by atoms with Gasteiger partial charge in [0.05, 0.1) is 10.5 Å². The first-order valence-corrected chi connectivity index (χ1v) is 16.7. The molecule has 230 valence electrons. The van der Waals surface area contributed by atoms with E-state index in [1.807, 2.05) is 42.5 Å². The van der Waals surface area contributed by atoms with Crippen molar-refractivity contribution in [3.63, 3.8) is 0 Å². The lowest BCUT2D eigenvalue weighted by Gasteiger charge is -2.32. The lowest BCUT2D eigenvalue weighted by molar-refractivity contribution is -0.149. The molecule has 4 aromatic rings. The highest BCUT2D eigenvalue weighted by Crippen LogP contribution is 2.50. The largest absolute Gasteiger partial charge is 0.458 e. The molecule has 0 spiro atoms. The third kappa shape index (κ3) is 7.18. The Labute approximate surface area is 264 Å². The van der Waals surface area contributed by atoms with Gasteiger partial charge in [-0.05, 0) is 66.1 Å². The van der Waals surface area contributed by atoms with Gasteiger partial charge in [-0.25, -0.2) is 13.2 Å². The van der Waals surface area contributed by atoms with Crippen molar-refractivity contribution < 1.29 is 27.5 Å². The fourth-order valence-corrected chi connectivity index (χ4v) is 7.27. The molecule has 0 amide bonds. The van der Waals surface area contributed by atoms with E-state index in [0.717, 1.165) is 29.5 Å². The summed E-state index contributed by atoms with van der Waals surface area (Å²) in [6.45, 7) is 1.33. The summed E-state index contributed by atoms with van der Waals surface area (Å²) in [5.41, 5.74) is 3.69. The van der Waals surface area contributed by atoms with Gasteiger partial charge in [-0.2, -0.15) is 0 Å². The number of benzene rings is 4. The second kappa shape index (κ2) is 13.1. The molecule has 4 aromatic carbocycles. The van der Waals surface area contributed by atoms with Crippen molar-refractivity contribution in [1.82, 2.24) is 0 Å². The Morgan fingerprint density at radius 3 is 2.00 bits per heavy atom. The summed E-state index contributed by atoms with van der Waals surface area (Å²) in [5, 5.41) is 0. The van der Waals surface area contributed by atoms with Crippen molar-refractivity contribution in [3.8, 4) is 0 Å². The van der Waals surface area contributed by atoms with E-state index >= 15 is 0 Å². The Morgan fingerprint density at radius 1 is 0.844 bits per heavy atom. The summed E-state index contributed by atoms with van der Waals surface area (Å²) in [4.78, 5) is 26.4. The van der Waals surface area contributed by atoms with Gasteiger partial charge in [-0.3, -0.25) is 9.52 Å². The zero-order valence-electron chi connectivity index (χ0n) is 25.0. The van der Waals surface area contributed by atoms with Crippen molar-refractivity contribution in [2.45, 2.75) is 55.4 Å². The van der Waals surface area contributed by atoms with Gasteiger partial charge < -0.3 is 9.47 Å². The number of hydrogen-bond acceptors (Lipinski definition) is 6. The summed E-state index contributed by atoms with van der Waals surface area (Å²) in [6.07, 6.45) is 2.05.